The van der Waals surface area contributed by atoms with Gasteiger partial charge in [-0.2, -0.15) is 0 Å². The lowest BCUT2D eigenvalue weighted by Gasteiger charge is -2.03. The van der Waals surface area contributed by atoms with Crippen LogP contribution >= 0.6 is 11.6 Å². The van der Waals surface area contributed by atoms with E-state index in [1.54, 1.807) is 0 Å². The van der Waals surface area contributed by atoms with Gasteiger partial charge in [0.2, 0.25) is 0 Å². The quantitative estimate of drug-likeness (QED) is 0.683. The van der Waals surface area contributed by atoms with Crippen LogP contribution in [0.25, 0.3) is 0 Å². The number of rotatable bonds is 6. The van der Waals surface area contributed by atoms with Crippen LogP contribution in [0, 0.1) is 0 Å². The molecule has 14 heavy (non-hydrogen) atoms. The molecule has 0 bridgehead atoms. The molecule has 1 heterocycles. The lowest BCUT2D eigenvalue weighted by molar-refractivity contribution is 0.513. The molecule has 0 aliphatic rings. The number of halogens is 1. The molecule has 0 radical (unpaired) electrons. The summed E-state index contributed by atoms with van der Waals surface area (Å²) >= 11 is 5.89. The number of hydrogen-bond acceptors (Lipinski definition) is 2. The monoisotopic (exact) mass is 215 g/mol. The highest BCUT2D eigenvalue weighted by molar-refractivity contribution is 6.29. The summed E-state index contributed by atoms with van der Waals surface area (Å²) in [4.78, 5) is 0. The van der Waals surface area contributed by atoms with E-state index in [0.717, 1.165) is 18.7 Å². The van der Waals surface area contributed by atoms with Gasteiger partial charge < -0.3 is 0 Å². The van der Waals surface area contributed by atoms with Crippen molar-refractivity contribution in [3.8, 4) is 0 Å². The van der Waals surface area contributed by atoms with Gasteiger partial charge in [-0.05, 0) is 12.8 Å². The minimum Gasteiger partial charge on any atom is -0.248 e. The molecule has 1 rings (SSSR count). The smallest absolute Gasteiger partial charge is 0.174 e. The minimum absolute atomic E-state index is 0.558. The Balaban J connectivity index is 2.42. The molecule has 80 valence electrons. The van der Waals surface area contributed by atoms with E-state index in [1.807, 2.05) is 4.68 Å². The fourth-order valence-electron chi connectivity index (χ4n) is 1.51. The molecule has 0 aliphatic heterocycles. The van der Waals surface area contributed by atoms with E-state index in [1.165, 1.54) is 25.7 Å². The summed E-state index contributed by atoms with van der Waals surface area (Å²) in [5, 5.41) is 8.44. The highest BCUT2D eigenvalue weighted by Gasteiger charge is 2.07. The fraction of sp³-hybridized carbons (Fsp3) is 0.800. The van der Waals surface area contributed by atoms with Crippen molar-refractivity contribution in [2.75, 3.05) is 0 Å². The van der Waals surface area contributed by atoms with Crippen LogP contribution in [0.2, 0.25) is 5.15 Å². The maximum absolute atomic E-state index is 5.89. The summed E-state index contributed by atoms with van der Waals surface area (Å²) in [7, 11) is 0. The summed E-state index contributed by atoms with van der Waals surface area (Å²) in [5.41, 5.74) is 1.06. The number of hydrogen-bond donors (Lipinski definition) is 0. The highest BCUT2D eigenvalue weighted by atomic mass is 35.5. The molecular weight excluding hydrogens is 198 g/mol. The van der Waals surface area contributed by atoms with Crippen LogP contribution < -0.4 is 0 Å². The van der Waals surface area contributed by atoms with Gasteiger partial charge in [-0.3, -0.25) is 0 Å². The Morgan fingerprint density at radius 2 is 2.00 bits per heavy atom. The van der Waals surface area contributed by atoms with Gasteiger partial charge >= 0.3 is 0 Å². The molecule has 0 saturated heterocycles. The van der Waals surface area contributed by atoms with E-state index in [4.69, 9.17) is 11.6 Å². The Labute approximate surface area is 90.4 Å². The Bertz CT molecular complexity index is 270. The van der Waals surface area contributed by atoms with Gasteiger partial charge in [0.05, 0.1) is 5.69 Å². The molecule has 3 nitrogen and oxygen atoms in total. The Hall–Kier alpha value is -0.570. The van der Waals surface area contributed by atoms with E-state index < -0.39 is 0 Å². The first kappa shape index (κ1) is 11.5. The van der Waals surface area contributed by atoms with Gasteiger partial charge in [0.15, 0.2) is 5.15 Å². The average Bonchev–Trinajstić information content (AvgIpc) is 2.54. The summed E-state index contributed by atoms with van der Waals surface area (Å²) in [6.45, 7) is 5.24. The van der Waals surface area contributed by atoms with Gasteiger partial charge in [0.25, 0.3) is 0 Å². The molecule has 1 aromatic rings. The van der Waals surface area contributed by atoms with Crippen LogP contribution in [-0.4, -0.2) is 15.0 Å². The largest absolute Gasteiger partial charge is 0.248 e. The van der Waals surface area contributed by atoms with Crippen LogP contribution in [-0.2, 0) is 13.0 Å². The highest BCUT2D eigenvalue weighted by Crippen LogP contribution is 2.13. The zero-order valence-electron chi connectivity index (χ0n) is 8.96. The second kappa shape index (κ2) is 6.02. The second-order valence-electron chi connectivity index (χ2n) is 3.46. The predicted octanol–water partition coefficient (Wildman–Crippen LogP) is 3.07. The predicted molar refractivity (Wildman–Crippen MR) is 58.6 cm³/mol. The van der Waals surface area contributed by atoms with Crippen LogP contribution in [0.3, 0.4) is 0 Å². The lowest BCUT2D eigenvalue weighted by atomic mass is 10.2. The number of unbranched alkanes of at least 4 members (excludes halogenated alkanes) is 3. The van der Waals surface area contributed by atoms with Gasteiger partial charge in [0, 0.05) is 6.54 Å². The molecule has 0 N–H and O–H groups in total. The number of nitrogens with zero attached hydrogens (tertiary/aromatic N) is 3. The first-order valence-corrected chi connectivity index (χ1v) is 5.75. The standard InChI is InChI=1S/C10H18ClN3/c1-3-5-6-7-8-14-9(4-2)10(11)12-13-14/h3-8H2,1-2H3. The number of aryl methyl sites for hydroxylation is 1. The normalized spacial score (nSPS) is 10.8. The lowest BCUT2D eigenvalue weighted by Crippen LogP contribution is -2.04. The Morgan fingerprint density at radius 1 is 1.21 bits per heavy atom. The van der Waals surface area contributed by atoms with Crippen molar-refractivity contribution in [1.82, 2.24) is 15.0 Å². The summed E-state index contributed by atoms with van der Waals surface area (Å²) in [5.74, 6) is 0. The van der Waals surface area contributed by atoms with Crippen LogP contribution in [0.4, 0.5) is 0 Å². The van der Waals surface area contributed by atoms with Crippen LogP contribution in [0.1, 0.15) is 45.2 Å². The van der Waals surface area contributed by atoms with E-state index >= 15 is 0 Å². The average molecular weight is 216 g/mol. The van der Waals surface area contributed by atoms with Gasteiger partial charge in [-0.15, -0.1) is 5.10 Å². The summed E-state index contributed by atoms with van der Waals surface area (Å²) < 4.78 is 1.93. The fourth-order valence-corrected chi connectivity index (χ4v) is 1.77. The molecule has 0 amide bonds. The van der Waals surface area contributed by atoms with Crippen molar-refractivity contribution < 1.29 is 0 Å². The summed E-state index contributed by atoms with van der Waals surface area (Å²) in [6.07, 6.45) is 5.89. The third-order valence-electron chi connectivity index (χ3n) is 2.35. The molecule has 0 unspecified atom stereocenters. The van der Waals surface area contributed by atoms with Crippen molar-refractivity contribution in [1.29, 1.82) is 0 Å². The van der Waals surface area contributed by atoms with E-state index in [2.05, 4.69) is 24.2 Å². The first-order chi connectivity index (χ1) is 6.79. The van der Waals surface area contributed by atoms with Crippen molar-refractivity contribution in [2.45, 2.75) is 52.5 Å². The van der Waals surface area contributed by atoms with Gasteiger partial charge in [-0.25, -0.2) is 4.68 Å². The zero-order chi connectivity index (χ0) is 10.4. The molecular formula is C10H18ClN3. The van der Waals surface area contributed by atoms with Crippen LogP contribution in [0.5, 0.6) is 0 Å². The van der Waals surface area contributed by atoms with Crippen molar-refractivity contribution in [3.63, 3.8) is 0 Å². The third kappa shape index (κ3) is 2.98. The van der Waals surface area contributed by atoms with Gasteiger partial charge in [-0.1, -0.05) is 49.9 Å². The molecule has 0 aliphatic carbocycles. The molecule has 0 fully saturated rings. The molecule has 1 aromatic heterocycles. The molecule has 0 spiro atoms. The molecule has 4 heteroatoms. The van der Waals surface area contributed by atoms with Crippen molar-refractivity contribution in [2.24, 2.45) is 0 Å². The van der Waals surface area contributed by atoms with Gasteiger partial charge in [0.1, 0.15) is 0 Å². The molecule has 0 aromatic carbocycles. The summed E-state index contributed by atoms with van der Waals surface area (Å²) in [6, 6.07) is 0. The number of aromatic nitrogens is 3. The SMILES string of the molecule is CCCCCCn1nnc(Cl)c1CC. The van der Waals surface area contributed by atoms with Crippen molar-refractivity contribution >= 4 is 11.6 Å². The van der Waals surface area contributed by atoms with Crippen molar-refractivity contribution in [3.05, 3.63) is 10.8 Å². The Kier molecular flexibility index (Phi) is 4.94. The Morgan fingerprint density at radius 3 is 2.64 bits per heavy atom. The maximum Gasteiger partial charge on any atom is 0.174 e. The molecule has 0 atom stereocenters. The first-order valence-electron chi connectivity index (χ1n) is 5.37. The minimum atomic E-state index is 0.558. The van der Waals surface area contributed by atoms with E-state index in [0.29, 0.717) is 5.15 Å². The second-order valence-corrected chi connectivity index (χ2v) is 3.82. The van der Waals surface area contributed by atoms with Crippen LogP contribution in [0.15, 0.2) is 0 Å². The third-order valence-corrected chi connectivity index (χ3v) is 2.64. The zero-order valence-corrected chi connectivity index (χ0v) is 9.72. The topological polar surface area (TPSA) is 30.7 Å². The maximum atomic E-state index is 5.89. The van der Waals surface area contributed by atoms with E-state index in [-0.39, 0.29) is 0 Å². The molecule has 0 saturated carbocycles. The van der Waals surface area contributed by atoms with E-state index in [9.17, 15) is 0 Å².